The summed E-state index contributed by atoms with van der Waals surface area (Å²) in [5.41, 5.74) is 0. The maximum absolute atomic E-state index is 12.6. The molecular formula is C5H5FIOPS. The lowest BCUT2D eigenvalue weighted by Gasteiger charge is -1.94. The highest BCUT2D eigenvalue weighted by Crippen LogP contribution is 2.26. The molecule has 0 spiro atoms. The second-order valence-corrected chi connectivity index (χ2v) is 4.32. The first-order valence-corrected chi connectivity index (χ1v) is 7.44. The predicted molar refractivity (Wildman–Crippen MR) is 51.4 cm³/mol. The van der Waals surface area contributed by atoms with E-state index in [1.54, 1.807) is 5.38 Å². The van der Waals surface area contributed by atoms with Gasteiger partial charge in [0.2, 0.25) is 0 Å². The fraction of sp³-hybridized carbons (Fsp3) is 0.200. The van der Waals surface area contributed by atoms with Gasteiger partial charge in [0.1, 0.15) is 5.82 Å². The van der Waals surface area contributed by atoms with Gasteiger partial charge in [-0.3, -0.25) is 0 Å². The average molecular weight is 290 g/mol. The van der Waals surface area contributed by atoms with Crippen molar-refractivity contribution in [2.24, 2.45) is 0 Å². The summed E-state index contributed by atoms with van der Waals surface area (Å²) < 4.78 is 17.6. The number of hydrogen-bond donors (Lipinski definition) is 0. The molecule has 10 heavy (non-hydrogen) atoms. The van der Waals surface area contributed by atoms with Crippen LogP contribution in [0.2, 0.25) is 0 Å². The van der Waals surface area contributed by atoms with Crippen molar-refractivity contribution in [2.75, 3.05) is 0 Å². The van der Waals surface area contributed by atoms with Crippen molar-refractivity contribution in [2.45, 2.75) is 6.61 Å². The van der Waals surface area contributed by atoms with E-state index in [4.69, 9.17) is 4.52 Å². The molecule has 5 heteroatoms. The summed E-state index contributed by atoms with van der Waals surface area (Å²) in [6, 6.07) is 1.46. The monoisotopic (exact) mass is 290 g/mol. The van der Waals surface area contributed by atoms with Gasteiger partial charge in [0.05, 0.1) is 17.9 Å². The molecule has 1 unspecified atom stereocenters. The van der Waals surface area contributed by atoms with Crippen molar-refractivity contribution in [1.82, 2.24) is 0 Å². The lowest BCUT2D eigenvalue weighted by atomic mass is 10.5. The fourth-order valence-corrected chi connectivity index (χ4v) is 1.95. The van der Waals surface area contributed by atoms with Crippen LogP contribution in [0.3, 0.4) is 0 Å². The van der Waals surface area contributed by atoms with Gasteiger partial charge >= 0.3 is 0 Å². The molecule has 1 rings (SSSR count). The van der Waals surface area contributed by atoms with E-state index in [0.29, 0.717) is 17.9 Å². The van der Waals surface area contributed by atoms with Crippen LogP contribution in [-0.4, -0.2) is 0 Å². The van der Waals surface area contributed by atoms with Crippen molar-refractivity contribution in [1.29, 1.82) is 0 Å². The zero-order valence-corrected chi connectivity index (χ0v) is 8.91. The van der Waals surface area contributed by atoms with Gasteiger partial charge in [-0.2, -0.15) is 0 Å². The molecule has 1 aromatic heterocycles. The minimum atomic E-state index is -0.153. The topological polar surface area (TPSA) is 9.23 Å². The van der Waals surface area contributed by atoms with E-state index >= 15 is 0 Å². The predicted octanol–water partition coefficient (Wildman–Crippen LogP) is 3.35. The van der Waals surface area contributed by atoms with Crippen LogP contribution in [0.1, 0.15) is 4.88 Å². The highest BCUT2D eigenvalue weighted by atomic mass is 127. The van der Waals surface area contributed by atoms with Crippen molar-refractivity contribution >= 4 is 39.8 Å². The van der Waals surface area contributed by atoms with Gasteiger partial charge in [-0.25, -0.2) is 4.39 Å². The Labute approximate surface area is 77.3 Å². The SMILES string of the molecule is Fc1ccsc1COPI. The van der Waals surface area contributed by atoms with Gasteiger partial charge in [0.25, 0.3) is 0 Å². The summed E-state index contributed by atoms with van der Waals surface area (Å²) >= 11 is 3.50. The molecule has 1 atom stereocenters. The molecule has 0 aliphatic rings. The summed E-state index contributed by atoms with van der Waals surface area (Å²) in [4.78, 5) is 0.684. The number of thiophene rings is 1. The molecule has 0 fully saturated rings. The van der Waals surface area contributed by atoms with Crippen molar-refractivity contribution < 1.29 is 8.91 Å². The Bertz CT molecular complexity index is 205. The van der Waals surface area contributed by atoms with Gasteiger partial charge in [0, 0.05) is 0 Å². The number of rotatable bonds is 3. The molecule has 56 valence electrons. The number of hydrogen-bond acceptors (Lipinski definition) is 2. The Balaban J connectivity index is 2.49. The zero-order chi connectivity index (χ0) is 7.40. The highest BCUT2D eigenvalue weighted by Gasteiger charge is 2.01. The van der Waals surface area contributed by atoms with E-state index in [-0.39, 0.29) is 5.82 Å². The molecule has 0 radical (unpaired) electrons. The Hall–Kier alpha value is 0.750. The van der Waals surface area contributed by atoms with Crippen LogP contribution in [0.15, 0.2) is 11.4 Å². The van der Waals surface area contributed by atoms with E-state index in [1.165, 1.54) is 17.4 Å². The maximum atomic E-state index is 12.6. The van der Waals surface area contributed by atoms with Crippen molar-refractivity contribution in [3.8, 4) is 0 Å². The van der Waals surface area contributed by atoms with Crippen LogP contribution in [0, 0.1) is 5.82 Å². The minimum absolute atomic E-state index is 0.153. The Kier molecular flexibility index (Phi) is 4.06. The van der Waals surface area contributed by atoms with Crippen LogP contribution >= 0.6 is 39.8 Å². The van der Waals surface area contributed by atoms with Crippen LogP contribution in [0.4, 0.5) is 4.39 Å². The third kappa shape index (κ3) is 2.42. The first-order chi connectivity index (χ1) is 4.84. The molecule has 0 bridgehead atoms. The number of halogens is 2. The largest absolute Gasteiger partial charge is 0.346 e. The Morgan fingerprint density at radius 2 is 2.60 bits per heavy atom. The van der Waals surface area contributed by atoms with Gasteiger partial charge < -0.3 is 4.52 Å². The minimum Gasteiger partial charge on any atom is -0.346 e. The van der Waals surface area contributed by atoms with Crippen molar-refractivity contribution in [3.05, 3.63) is 22.1 Å². The molecule has 0 amide bonds. The van der Waals surface area contributed by atoms with E-state index in [9.17, 15) is 4.39 Å². The molecule has 1 aromatic rings. The van der Waals surface area contributed by atoms with Gasteiger partial charge in [-0.1, -0.05) is 0 Å². The van der Waals surface area contributed by atoms with E-state index in [1.807, 2.05) is 0 Å². The van der Waals surface area contributed by atoms with Gasteiger partial charge in [-0.05, 0) is 33.5 Å². The van der Waals surface area contributed by atoms with Crippen LogP contribution < -0.4 is 0 Å². The second kappa shape index (κ2) is 4.59. The van der Waals surface area contributed by atoms with E-state index in [0.717, 1.165) is 0 Å². The first kappa shape index (κ1) is 8.84. The lowest BCUT2D eigenvalue weighted by Crippen LogP contribution is -1.81. The molecule has 0 saturated carbocycles. The van der Waals surface area contributed by atoms with Crippen LogP contribution in [0.25, 0.3) is 0 Å². The van der Waals surface area contributed by atoms with Crippen molar-refractivity contribution in [3.63, 3.8) is 0 Å². The normalized spacial score (nSPS) is 11.4. The van der Waals surface area contributed by atoms with E-state index < -0.39 is 0 Å². The molecule has 1 heterocycles. The highest BCUT2D eigenvalue weighted by molar-refractivity contribution is 14.2. The summed E-state index contributed by atoms with van der Waals surface area (Å²) in [7, 11) is 0. The maximum Gasteiger partial charge on any atom is 0.139 e. The van der Waals surface area contributed by atoms with Gasteiger partial charge in [0.15, 0.2) is 0 Å². The zero-order valence-electron chi connectivity index (χ0n) is 4.93. The quantitative estimate of drug-likeness (QED) is 0.613. The fourth-order valence-electron chi connectivity index (χ4n) is 0.521. The third-order valence-electron chi connectivity index (χ3n) is 0.949. The first-order valence-electron chi connectivity index (χ1n) is 2.54. The average Bonchev–Trinajstić information content (AvgIpc) is 2.31. The Morgan fingerprint density at radius 1 is 1.80 bits per heavy atom. The molecule has 1 nitrogen and oxygen atoms in total. The van der Waals surface area contributed by atoms with Gasteiger partial charge in [-0.15, -0.1) is 11.3 Å². The standard InChI is InChI=1S/C5H5FIOPS/c6-4-1-2-10-5(4)3-8-9-7/h1-2,9H,3H2. The van der Waals surface area contributed by atoms with Crippen LogP contribution in [-0.2, 0) is 11.1 Å². The Morgan fingerprint density at radius 3 is 3.10 bits per heavy atom. The van der Waals surface area contributed by atoms with Crippen LogP contribution in [0.5, 0.6) is 0 Å². The molecule has 0 aliphatic heterocycles. The summed E-state index contributed by atoms with van der Waals surface area (Å²) in [6.07, 6.45) is 0. The molecule has 0 N–H and O–H groups in total. The smallest absolute Gasteiger partial charge is 0.139 e. The summed E-state index contributed by atoms with van der Waals surface area (Å²) in [5.74, 6) is -0.153. The second-order valence-electron chi connectivity index (χ2n) is 1.56. The molecular weight excluding hydrogens is 285 g/mol. The molecule has 0 aliphatic carbocycles. The lowest BCUT2D eigenvalue weighted by molar-refractivity contribution is 0.357. The molecule has 0 saturated heterocycles. The summed E-state index contributed by atoms with van der Waals surface area (Å²) in [5, 5.41) is 1.73. The summed E-state index contributed by atoms with van der Waals surface area (Å²) in [6.45, 7) is 0.810. The van der Waals surface area contributed by atoms with E-state index in [2.05, 4.69) is 22.0 Å². The molecule has 0 aromatic carbocycles. The third-order valence-corrected chi connectivity index (χ3v) is 3.01.